The van der Waals surface area contributed by atoms with Crippen molar-refractivity contribution in [3.8, 4) is 5.75 Å². The summed E-state index contributed by atoms with van der Waals surface area (Å²) in [6.45, 7) is 3.15. The molecule has 1 fully saturated rings. The molecule has 0 radical (unpaired) electrons. The van der Waals surface area contributed by atoms with Crippen LogP contribution in [0, 0.1) is 0 Å². The highest BCUT2D eigenvalue weighted by Crippen LogP contribution is 2.32. The summed E-state index contributed by atoms with van der Waals surface area (Å²) in [7, 11) is 1.05. The van der Waals surface area contributed by atoms with Crippen molar-refractivity contribution in [2.45, 2.75) is 51.5 Å². The van der Waals surface area contributed by atoms with Crippen molar-refractivity contribution in [1.29, 1.82) is 0 Å². The van der Waals surface area contributed by atoms with E-state index in [1.807, 2.05) is 0 Å². The van der Waals surface area contributed by atoms with Gasteiger partial charge in [-0.3, -0.25) is 14.4 Å². The Bertz CT molecular complexity index is 894. The van der Waals surface area contributed by atoms with Crippen LogP contribution in [-0.4, -0.2) is 72.8 Å². The predicted molar refractivity (Wildman–Crippen MR) is 101 cm³/mol. The van der Waals surface area contributed by atoms with E-state index >= 15 is 0 Å². The number of carboxylic acids is 1. The van der Waals surface area contributed by atoms with Gasteiger partial charge in [0.25, 0.3) is 0 Å². The van der Waals surface area contributed by atoms with Gasteiger partial charge >= 0.3 is 29.8 Å². The number of rotatable bonds is 7. The number of carbonyl (C=O) groups is 5. The summed E-state index contributed by atoms with van der Waals surface area (Å²) in [5.74, 6) is -5.04. The topological polar surface area (TPSA) is 161 Å². The normalized spacial score (nSPS) is 24.6. The number of methoxy groups -OCH3 is 1. The minimum atomic E-state index is -1.65. The van der Waals surface area contributed by atoms with Crippen molar-refractivity contribution in [1.82, 2.24) is 0 Å². The maximum Gasteiger partial charge on any atom is 0.339 e. The minimum Gasteiger partial charge on any atom is -0.478 e. The molecule has 1 aliphatic heterocycles. The standard InChI is InChI=1S/C20H22O12/c1-9(21)28-14-15(29-10(2)22)17(30-11(3)23)20(32-16(14)19(26)27-4)31-13-8-6-5-7-12(13)18(24)25/h5-8,14-17,20H,1-4H3,(H,24,25)/t14-,15-,16-,17+,20?/m0/s1. The van der Waals surface area contributed by atoms with Gasteiger partial charge < -0.3 is 33.5 Å². The Morgan fingerprint density at radius 2 is 1.38 bits per heavy atom. The molecule has 1 heterocycles. The van der Waals surface area contributed by atoms with E-state index < -0.39 is 60.6 Å². The van der Waals surface area contributed by atoms with E-state index in [4.69, 9.17) is 23.7 Å². The lowest BCUT2D eigenvalue weighted by Gasteiger charge is -2.43. The number of esters is 4. The number of para-hydroxylation sites is 1. The van der Waals surface area contributed by atoms with Crippen LogP contribution in [0.1, 0.15) is 31.1 Å². The lowest BCUT2D eigenvalue weighted by molar-refractivity contribution is -0.282. The number of carbonyl (C=O) groups excluding carboxylic acids is 4. The highest BCUT2D eigenvalue weighted by atomic mass is 16.7. The van der Waals surface area contributed by atoms with Gasteiger partial charge in [0.2, 0.25) is 12.4 Å². The molecule has 1 aromatic carbocycles. The van der Waals surface area contributed by atoms with Gasteiger partial charge in [-0.2, -0.15) is 0 Å². The number of aromatic carboxylic acids is 1. The Kier molecular flexibility index (Phi) is 8.13. The van der Waals surface area contributed by atoms with Gasteiger partial charge in [-0.15, -0.1) is 0 Å². The zero-order chi connectivity index (χ0) is 24.0. The molecule has 1 aliphatic rings. The van der Waals surface area contributed by atoms with Gasteiger partial charge in [0.05, 0.1) is 7.11 Å². The molecule has 0 amide bonds. The fraction of sp³-hybridized carbons (Fsp3) is 0.450. The first-order chi connectivity index (χ1) is 15.0. The SMILES string of the molecule is COC(=O)[C@H]1OC(Oc2ccccc2C(=O)O)[C@H](OC(C)=O)[C@@H](OC(C)=O)[C@@H]1OC(C)=O. The fourth-order valence-electron chi connectivity index (χ4n) is 3.05. The van der Waals surface area contributed by atoms with Crippen LogP contribution in [0.3, 0.4) is 0 Å². The quantitative estimate of drug-likeness (QED) is 0.448. The number of hydrogen-bond donors (Lipinski definition) is 1. The van der Waals surface area contributed by atoms with Crippen molar-refractivity contribution in [3.63, 3.8) is 0 Å². The van der Waals surface area contributed by atoms with Crippen LogP contribution in [0.5, 0.6) is 5.75 Å². The molecule has 0 aliphatic carbocycles. The van der Waals surface area contributed by atoms with E-state index in [1.54, 1.807) is 0 Å². The summed E-state index contributed by atoms with van der Waals surface area (Å²) in [5, 5.41) is 9.39. The van der Waals surface area contributed by atoms with E-state index in [9.17, 15) is 29.1 Å². The van der Waals surface area contributed by atoms with Crippen LogP contribution >= 0.6 is 0 Å². The molecule has 0 spiro atoms. The predicted octanol–water partition coefficient (Wildman–Crippen LogP) is 0.457. The molecule has 2 rings (SSSR count). The molecule has 12 heteroatoms. The average Bonchev–Trinajstić information content (AvgIpc) is 2.70. The Morgan fingerprint density at radius 3 is 1.91 bits per heavy atom. The van der Waals surface area contributed by atoms with E-state index in [0.717, 1.165) is 27.9 Å². The number of ether oxygens (including phenoxy) is 6. The molecule has 12 nitrogen and oxygen atoms in total. The maximum atomic E-state index is 12.4. The lowest BCUT2D eigenvalue weighted by atomic mass is 9.97. The summed E-state index contributed by atoms with van der Waals surface area (Å²) < 4.78 is 31.4. The summed E-state index contributed by atoms with van der Waals surface area (Å²) in [4.78, 5) is 59.0. The van der Waals surface area contributed by atoms with Gasteiger partial charge in [0.15, 0.2) is 18.3 Å². The molecule has 32 heavy (non-hydrogen) atoms. The summed E-state index contributed by atoms with van der Waals surface area (Å²) in [5.41, 5.74) is -0.251. The Labute approximate surface area is 182 Å². The summed E-state index contributed by atoms with van der Waals surface area (Å²) in [6.07, 6.45) is -7.92. The third-order valence-electron chi connectivity index (χ3n) is 4.20. The van der Waals surface area contributed by atoms with Gasteiger partial charge in [-0.25, -0.2) is 9.59 Å². The number of hydrogen-bond acceptors (Lipinski definition) is 11. The van der Waals surface area contributed by atoms with Crippen LogP contribution in [0.15, 0.2) is 24.3 Å². The van der Waals surface area contributed by atoms with E-state index in [1.165, 1.54) is 24.3 Å². The lowest BCUT2D eigenvalue weighted by Crippen LogP contribution is -2.64. The third kappa shape index (κ3) is 5.94. The second-order valence-corrected chi connectivity index (χ2v) is 6.59. The molecular weight excluding hydrogens is 432 g/mol. The van der Waals surface area contributed by atoms with Crippen molar-refractivity contribution < 1.29 is 57.5 Å². The molecule has 0 saturated carbocycles. The van der Waals surface area contributed by atoms with Gasteiger partial charge in [-0.1, -0.05) is 12.1 Å². The van der Waals surface area contributed by atoms with Crippen molar-refractivity contribution >= 4 is 29.8 Å². The molecule has 5 atom stereocenters. The first kappa shape index (κ1) is 24.6. The largest absolute Gasteiger partial charge is 0.478 e. The average molecular weight is 454 g/mol. The highest BCUT2D eigenvalue weighted by Gasteiger charge is 2.56. The molecule has 1 saturated heterocycles. The molecule has 1 N–H and O–H groups in total. The Balaban J connectivity index is 2.56. The Morgan fingerprint density at radius 1 is 0.844 bits per heavy atom. The van der Waals surface area contributed by atoms with Gasteiger partial charge in [-0.05, 0) is 12.1 Å². The molecule has 1 aromatic rings. The van der Waals surface area contributed by atoms with Crippen LogP contribution in [0.25, 0.3) is 0 Å². The molecule has 0 aromatic heterocycles. The zero-order valence-corrected chi connectivity index (χ0v) is 17.6. The van der Waals surface area contributed by atoms with Crippen molar-refractivity contribution in [2.24, 2.45) is 0 Å². The van der Waals surface area contributed by atoms with Crippen LogP contribution < -0.4 is 4.74 Å². The molecule has 0 bridgehead atoms. The van der Waals surface area contributed by atoms with E-state index in [2.05, 4.69) is 4.74 Å². The third-order valence-corrected chi connectivity index (χ3v) is 4.20. The first-order valence-corrected chi connectivity index (χ1v) is 9.29. The van der Waals surface area contributed by atoms with Crippen LogP contribution in [0.2, 0.25) is 0 Å². The minimum absolute atomic E-state index is 0.182. The number of benzene rings is 1. The van der Waals surface area contributed by atoms with Crippen LogP contribution in [0.4, 0.5) is 0 Å². The summed E-state index contributed by atoms with van der Waals surface area (Å²) >= 11 is 0. The van der Waals surface area contributed by atoms with E-state index in [0.29, 0.717) is 0 Å². The monoisotopic (exact) mass is 454 g/mol. The molecule has 174 valence electrons. The van der Waals surface area contributed by atoms with Gasteiger partial charge in [0.1, 0.15) is 11.3 Å². The van der Waals surface area contributed by atoms with Crippen molar-refractivity contribution in [3.05, 3.63) is 29.8 Å². The summed E-state index contributed by atoms with van der Waals surface area (Å²) in [6, 6.07) is 5.50. The fourth-order valence-corrected chi connectivity index (χ4v) is 3.05. The number of carboxylic acid groups (broad SMARTS) is 1. The maximum absolute atomic E-state index is 12.4. The zero-order valence-electron chi connectivity index (χ0n) is 17.6. The van der Waals surface area contributed by atoms with E-state index in [-0.39, 0.29) is 11.3 Å². The molecular formula is C20H22O12. The Hall–Kier alpha value is -3.67. The first-order valence-electron chi connectivity index (χ1n) is 9.29. The van der Waals surface area contributed by atoms with Crippen molar-refractivity contribution in [2.75, 3.05) is 7.11 Å². The van der Waals surface area contributed by atoms with Crippen LogP contribution in [-0.2, 0) is 42.9 Å². The smallest absolute Gasteiger partial charge is 0.339 e. The second-order valence-electron chi connectivity index (χ2n) is 6.59. The highest BCUT2D eigenvalue weighted by molar-refractivity contribution is 5.90. The van der Waals surface area contributed by atoms with Gasteiger partial charge in [0, 0.05) is 20.8 Å². The molecule has 1 unspecified atom stereocenters. The second kappa shape index (κ2) is 10.6.